The highest BCUT2D eigenvalue weighted by Gasteiger charge is 2.45. The number of rotatable bonds is 4. The van der Waals surface area contributed by atoms with Crippen LogP contribution in [0.4, 0.5) is 0 Å². The second kappa shape index (κ2) is 7.10. The predicted octanol–water partition coefficient (Wildman–Crippen LogP) is 4.31. The lowest BCUT2D eigenvalue weighted by Gasteiger charge is -2.43. The van der Waals surface area contributed by atoms with Gasteiger partial charge in [0.15, 0.2) is 0 Å². The summed E-state index contributed by atoms with van der Waals surface area (Å²) in [6.07, 6.45) is 10.9. The zero-order valence-corrected chi connectivity index (χ0v) is 15.6. The molecule has 25 heavy (non-hydrogen) atoms. The normalized spacial score (nSPS) is 27.2. The van der Waals surface area contributed by atoms with E-state index in [1.165, 1.54) is 44.2 Å². The fourth-order valence-corrected chi connectivity index (χ4v) is 4.98. The van der Waals surface area contributed by atoms with Gasteiger partial charge in [-0.15, -0.1) is 0 Å². The summed E-state index contributed by atoms with van der Waals surface area (Å²) in [6.45, 7) is 3.27. The molecule has 2 aromatic rings. The number of hydrogen-bond donors (Lipinski definition) is 0. The predicted molar refractivity (Wildman–Crippen MR) is 100 cm³/mol. The summed E-state index contributed by atoms with van der Waals surface area (Å²) in [5, 5.41) is 5.26. The zero-order chi connectivity index (χ0) is 17.3. The van der Waals surface area contributed by atoms with Crippen LogP contribution in [-0.4, -0.2) is 41.0 Å². The number of halogens is 1. The molecule has 1 saturated heterocycles. The highest BCUT2D eigenvalue weighted by Crippen LogP contribution is 2.46. The molecule has 0 unspecified atom stereocenters. The summed E-state index contributed by atoms with van der Waals surface area (Å²) in [5.74, 6) is 0. The van der Waals surface area contributed by atoms with Gasteiger partial charge >= 0.3 is 0 Å². The molecule has 2 fully saturated rings. The molecule has 1 spiro atoms. The van der Waals surface area contributed by atoms with Crippen LogP contribution in [-0.2, 0) is 11.3 Å². The lowest BCUT2D eigenvalue weighted by molar-refractivity contribution is -0.0366. The number of ether oxygens (including phenoxy) is 1. The first-order valence-corrected chi connectivity index (χ1v) is 9.61. The van der Waals surface area contributed by atoms with E-state index in [2.05, 4.69) is 16.2 Å². The lowest BCUT2D eigenvalue weighted by Crippen LogP contribution is -2.47. The van der Waals surface area contributed by atoms with E-state index in [9.17, 15) is 0 Å². The summed E-state index contributed by atoms with van der Waals surface area (Å²) in [7, 11) is 1.88. The van der Waals surface area contributed by atoms with E-state index in [-0.39, 0.29) is 0 Å². The largest absolute Gasteiger partial charge is 0.381 e. The molecular weight excluding hydrogens is 334 g/mol. The Hall–Kier alpha value is -1.36. The molecule has 1 aromatic heterocycles. The number of hydrogen-bond acceptors (Lipinski definition) is 3. The first-order valence-electron chi connectivity index (χ1n) is 9.23. The van der Waals surface area contributed by atoms with E-state index in [4.69, 9.17) is 16.3 Å². The summed E-state index contributed by atoms with van der Waals surface area (Å²) < 4.78 is 7.73. The molecule has 1 aliphatic heterocycles. The lowest BCUT2D eigenvalue weighted by atomic mass is 9.76. The van der Waals surface area contributed by atoms with E-state index in [0.717, 1.165) is 23.8 Å². The van der Waals surface area contributed by atoms with Crippen LogP contribution in [0.15, 0.2) is 36.7 Å². The van der Waals surface area contributed by atoms with Gasteiger partial charge in [0.05, 0.1) is 18.0 Å². The molecule has 0 N–H and O–H groups in total. The van der Waals surface area contributed by atoms with Gasteiger partial charge in [-0.05, 0) is 50.4 Å². The van der Waals surface area contributed by atoms with Gasteiger partial charge in [-0.1, -0.05) is 24.1 Å². The Bertz CT molecular complexity index is 731. The van der Waals surface area contributed by atoms with E-state index in [0.29, 0.717) is 11.5 Å². The monoisotopic (exact) mass is 359 g/mol. The third-order valence-corrected chi connectivity index (χ3v) is 6.15. The number of nitrogens with zero attached hydrogens (tertiary/aromatic N) is 3. The highest BCUT2D eigenvalue weighted by molar-refractivity contribution is 6.30. The second-order valence-corrected chi connectivity index (χ2v) is 8.00. The molecule has 0 amide bonds. The third-order valence-electron chi connectivity index (χ3n) is 5.91. The fraction of sp³-hybridized carbons (Fsp3) is 0.550. The maximum absolute atomic E-state index is 6.09. The van der Waals surface area contributed by atoms with Crippen molar-refractivity contribution in [1.82, 2.24) is 14.7 Å². The minimum absolute atomic E-state index is 0.371. The number of methoxy groups -OCH3 is 1. The average molecular weight is 360 g/mol. The van der Waals surface area contributed by atoms with E-state index in [1.807, 2.05) is 42.3 Å². The molecule has 0 radical (unpaired) electrons. The first kappa shape index (κ1) is 17.1. The highest BCUT2D eigenvalue weighted by atomic mass is 35.5. The summed E-state index contributed by atoms with van der Waals surface area (Å²) in [4.78, 5) is 2.58. The maximum atomic E-state index is 6.09. The van der Waals surface area contributed by atoms with Gasteiger partial charge < -0.3 is 4.74 Å². The van der Waals surface area contributed by atoms with Crippen LogP contribution in [0.5, 0.6) is 0 Å². The van der Waals surface area contributed by atoms with Crippen molar-refractivity contribution in [3.8, 4) is 5.69 Å². The van der Waals surface area contributed by atoms with Crippen LogP contribution in [0.3, 0.4) is 0 Å². The van der Waals surface area contributed by atoms with Gasteiger partial charge in [0.2, 0.25) is 0 Å². The number of aromatic nitrogens is 2. The minimum atomic E-state index is 0.371. The van der Waals surface area contributed by atoms with Gasteiger partial charge in [0.25, 0.3) is 0 Å². The molecule has 134 valence electrons. The number of likely N-dealkylation sites (tertiary alicyclic amines) is 1. The molecule has 2 aliphatic rings. The van der Waals surface area contributed by atoms with Gasteiger partial charge in [0.1, 0.15) is 0 Å². The van der Waals surface area contributed by atoms with Crippen LogP contribution >= 0.6 is 11.6 Å². The van der Waals surface area contributed by atoms with Gasteiger partial charge in [0, 0.05) is 42.4 Å². The van der Waals surface area contributed by atoms with Gasteiger partial charge in [-0.2, -0.15) is 5.10 Å². The quantitative estimate of drug-likeness (QED) is 0.815. The molecule has 1 aliphatic carbocycles. The van der Waals surface area contributed by atoms with E-state index >= 15 is 0 Å². The topological polar surface area (TPSA) is 30.3 Å². The molecule has 2 atom stereocenters. The van der Waals surface area contributed by atoms with Crippen molar-refractivity contribution >= 4 is 11.6 Å². The number of piperidine rings is 1. The summed E-state index contributed by atoms with van der Waals surface area (Å²) in [5.41, 5.74) is 2.63. The standard InChI is InChI=1S/C20H26ClN3O/c1-25-19-7-3-8-20(19)9-4-10-23(15-20)13-16-12-22-24(14-16)18-6-2-5-17(21)11-18/h2,5-6,11-12,14,19H,3-4,7-10,13,15H2,1H3/t19-,20+/m1/s1. The van der Waals surface area contributed by atoms with Crippen LogP contribution in [0.2, 0.25) is 5.02 Å². The van der Waals surface area contributed by atoms with E-state index in [1.54, 1.807) is 0 Å². The molecule has 4 rings (SSSR count). The molecular formula is C20H26ClN3O. The Labute approximate surface area is 154 Å². The van der Waals surface area contributed by atoms with Gasteiger partial charge in [-0.25, -0.2) is 4.68 Å². The van der Waals surface area contributed by atoms with Crippen LogP contribution in [0, 0.1) is 5.41 Å². The Morgan fingerprint density at radius 2 is 2.20 bits per heavy atom. The zero-order valence-electron chi connectivity index (χ0n) is 14.8. The Morgan fingerprint density at radius 3 is 3.04 bits per heavy atom. The van der Waals surface area contributed by atoms with Crippen LogP contribution in [0.1, 0.15) is 37.7 Å². The molecule has 5 heteroatoms. The van der Waals surface area contributed by atoms with Crippen molar-refractivity contribution < 1.29 is 4.74 Å². The van der Waals surface area contributed by atoms with Crippen molar-refractivity contribution in [3.63, 3.8) is 0 Å². The molecule has 0 bridgehead atoms. The van der Waals surface area contributed by atoms with E-state index < -0.39 is 0 Å². The number of benzene rings is 1. The average Bonchev–Trinajstić information content (AvgIpc) is 3.22. The minimum Gasteiger partial charge on any atom is -0.381 e. The van der Waals surface area contributed by atoms with Gasteiger partial charge in [-0.3, -0.25) is 4.90 Å². The first-order chi connectivity index (χ1) is 12.2. The van der Waals surface area contributed by atoms with Crippen LogP contribution < -0.4 is 0 Å². The summed E-state index contributed by atoms with van der Waals surface area (Å²) in [6, 6.07) is 7.81. The molecule has 4 nitrogen and oxygen atoms in total. The SMILES string of the molecule is CO[C@@H]1CCC[C@@]12CCCN(Cc1cnn(-c3cccc(Cl)c3)c1)C2. The molecule has 1 saturated carbocycles. The Balaban J connectivity index is 1.46. The van der Waals surface area contributed by atoms with Crippen molar-refractivity contribution in [2.24, 2.45) is 5.41 Å². The smallest absolute Gasteiger partial charge is 0.0660 e. The molecule has 2 heterocycles. The van der Waals surface area contributed by atoms with Crippen molar-refractivity contribution in [2.45, 2.75) is 44.8 Å². The summed E-state index contributed by atoms with van der Waals surface area (Å²) >= 11 is 6.09. The third kappa shape index (κ3) is 3.48. The van der Waals surface area contributed by atoms with Crippen LogP contribution in [0.25, 0.3) is 5.69 Å². The van der Waals surface area contributed by atoms with Crippen molar-refractivity contribution in [2.75, 3.05) is 20.2 Å². The Morgan fingerprint density at radius 1 is 1.32 bits per heavy atom. The fourth-order valence-electron chi connectivity index (χ4n) is 4.79. The molecule has 1 aromatic carbocycles. The van der Waals surface area contributed by atoms with Crippen molar-refractivity contribution in [1.29, 1.82) is 0 Å². The van der Waals surface area contributed by atoms with Crippen molar-refractivity contribution in [3.05, 3.63) is 47.2 Å². The maximum Gasteiger partial charge on any atom is 0.0660 e. The second-order valence-electron chi connectivity index (χ2n) is 7.57. The Kier molecular flexibility index (Phi) is 4.85.